The van der Waals surface area contributed by atoms with Crippen molar-refractivity contribution >= 4 is 23.4 Å². The first kappa shape index (κ1) is 14.4. The average Bonchev–Trinajstić information content (AvgIpc) is 2.42. The zero-order chi connectivity index (χ0) is 14.5. The number of nitrogen functional groups attached to an aromatic ring is 1. The molecule has 0 saturated carbocycles. The van der Waals surface area contributed by atoms with Gasteiger partial charge in [0, 0.05) is 16.3 Å². The molecule has 20 heavy (non-hydrogen) atoms. The summed E-state index contributed by atoms with van der Waals surface area (Å²) in [6.45, 7) is 0. The molecule has 2 rings (SSSR count). The van der Waals surface area contributed by atoms with Crippen LogP contribution in [0.25, 0.3) is 0 Å². The quantitative estimate of drug-likeness (QED) is 0.655. The van der Waals surface area contributed by atoms with E-state index in [2.05, 4.69) is 0 Å². The van der Waals surface area contributed by atoms with Gasteiger partial charge in [-0.25, -0.2) is 4.39 Å². The molecule has 1 atom stereocenters. The molecule has 0 fully saturated rings. The Kier molecular flexibility index (Phi) is 4.63. The van der Waals surface area contributed by atoms with E-state index in [0.29, 0.717) is 16.1 Å². The van der Waals surface area contributed by atoms with E-state index >= 15 is 0 Å². The summed E-state index contributed by atoms with van der Waals surface area (Å²) in [7, 11) is 0. The second-order valence-corrected chi connectivity index (χ2v) is 5.36. The van der Waals surface area contributed by atoms with Crippen LogP contribution in [-0.4, -0.2) is 16.8 Å². The lowest BCUT2D eigenvalue weighted by Gasteiger charge is -2.12. The summed E-state index contributed by atoms with van der Waals surface area (Å²) in [5, 5.41) is 9.29. The third-order valence-corrected chi connectivity index (χ3v) is 4.00. The smallest absolute Gasteiger partial charge is 0.311 e. The lowest BCUT2D eigenvalue weighted by molar-refractivity contribution is -0.138. The van der Waals surface area contributed by atoms with E-state index in [0.717, 1.165) is 0 Å². The predicted octanol–water partition coefficient (Wildman–Crippen LogP) is 3.37. The number of carboxylic acid groups (broad SMARTS) is 1. The fraction of sp³-hybridized carbons (Fsp3) is 0.133. The third-order valence-electron chi connectivity index (χ3n) is 2.86. The van der Waals surface area contributed by atoms with Gasteiger partial charge in [-0.15, -0.1) is 11.8 Å². The van der Waals surface area contributed by atoms with Gasteiger partial charge in [0.05, 0.1) is 5.92 Å². The van der Waals surface area contributed by atoms with E-state index in [1.54, 1.807) is 36.4 Å². The van der Waals surface area contributed by atoms with Gasteiger partial charge >= 0.3 is 5.97 Å². The maximum absolute atomic E-state index is 13.7. The number of nitrogens with two attached hydrogens (primary N) is 1. The Morgan fingerprint density at radius 2 is 1.95 bits per heavy atom. The minimum Gasteiger partial charge on any atom is -0.481 e. The lowest BCUT2D eigenvalue weighted by atomic mass is 10.0. The number of rotatable bonds is 5. The van der Waals surface area contributed by atoms with Crippen molar-refractivity contribution in [3.63, 3.8) is 0 Å². The summed E-state index contributed by atoms with van der Waals surface area (Å²) in [6.07, 6.45) is 0. The Morgan fingerprint density at radius 1 is 1.25 bits per heavy atom. The molecule has 0 radical (unpaired) electrons. The predicted molar refractivity (Wildman–Crippen MR) is 78.4 cm³/mol. The molecule has 0 aliphatic heterocycles. The van der Waals surface area contributed by atoms with Gasteiger partial charge in [-0.2, -0.15) is 0 Å². The van der Waals surface area contributed by atoms with Gasteiger partial charge in [0.25, 0.3) is 0 Å². The van der Waals surface area contributed by atoms with E-state index < -0.39 is 17.7 Å². The number of thioether (sulfide) groups is 1. The van der Waals surface area contributed by atoms with Crippen LogP contribution < -0.4 is 5.73 Å². The minimum atomic E-state index is -0.917. The summed E-state index contributed by atoms with van der Waals surface area (Å²) in [5.41, 5.74) is 6.54. The van der Waals surface area contributed by atoms with Gasteiger partial charge in [-0.3, -0.25) is 4.79 Å². The molecule has 104 valence electrons. The van der Waals surface area contributed by atoms with E-state index in [1.165, 1.54) is 17.8 Å². The number of benzene rings is 2. The van der Waals surface area contributed by atoms with E-state index in [9.17, 15) is 14.3 Å². The summed E-state index contributed by atoms with van der Waals surface area (Å²) in [5.74, 6) is -1.75. The first-order chi connectivity index (χ1) is 9.58. The van der Waals surface area contributed by atoms with Gasteiger partial charge < -0.3 is 10.8 Å². The average molecular weight is 291 g/mol. The summed E-state index contributed by atoms with van der Waals surface area (Å²) >= 11 is 1.18. The van der Waals surface area contributed by atoms with Gasteiger partial charge in [-0.05, 0) is 23.8 Å². The molecule has 0 aliphatic rings. The fourth-order valence-electron chi connectivity index (χ4n) is 1.80. The van der Waals surface area contributed by atoms with Crippen molar-refractivity contribution in [3.8, 4) is 0 Å². The molecule has 0 heterocycles. The number of hydrogen-bond donors (Lipinski definition) is 2. The zero-order valence-corrected chi connectivity index (χ0v) is 11.4. The molecule has 0 saturated heterocycles. The first-order valence-electron chi connectivity index (χ1n) is 6.03. The molecule has 2 aromatic rings. The normalized spacial score (nSPS) is 12.1. The van der Waals surface area contributed by atoms with Crippen LogP contribution in [0.1, 0.15) is 11.5 Å². The Morgan fingerprint density at radius 3 is 2.55 bits per heavy atom. The second kappa shape index (κ2) is 6.43. The SMILES string of the molecule is Nc1ccc(SCC(C(=O)O)c2ccccc2)c(F)c1. The number of anilines is 1. The van der Waals surface area contributed by atoms with Gasteiger partial charge in [0.15, 0.2) is 0 Å². The fourth-order valence-corrected chi connectivity index (χ4v) is 2.85. The van der Waals surface area contributed by atoms with E-state index in [4.69, 9.17) is 5.73 Å². The zero-order valence-electron chi connectivity index (χ0n) is 10.6. The van der Waals surface area contributed by atoms with Crippen molar-refractivity contribution in [3.05, 3.63) is 59.9 Å². The molecule has 0 aromatic heterocycles. The second-order valence-electron chi connectivity index (χ2n) is 4.30. The molecular formula is C15H14FNO2S. The van der Waals surface area contributed by atoms with Crippen molar-refractivity contribution in [2.75, 3.05) is 11.5 Å². The van der Waals surface area contributed by atoms with Crippen LogP contribution in [0.3, 0.4) is 0 Å². The Balaban J connectivity index is 2.12. The molecule has 0 bridgehead atoms. The molecule has 3 N–H and O–H groups in total. The van der Waals surface area contributed by atoms with Crippen LogP contribution in [0.2, 0.25) is 0 Å². The number of carboxylic acids is 1. The molecule has 2 aromatic carbocycles. The van der Waals surface area contributed by atoms with Crippen LogP contribution in [-0.2, 0) is 4.79 Å². The largest absolute Gasteiger partial charge is 0.481 e. The summed E-state index contributed by atoms with van der Waals surface area (Å²) in [6, 6.07) is 13.3. The molecule has 5 heteroatoms. The highest BCUT2D eigenvalue weighted by Gasteiger charge is 2.20. The highest BCUT2D eigenvalue weighted by molar-refractivity contribution is 7.99. The van der Waals surface area contributed by atoms with Crippen molar-refractivity contribution in [1.29, 1.82) is 0 Å². The van der Waals surface area contributed by atoms with Crippen LogP contribution in [0.5, 0.6) is 0 Å². The van der Waals surface area contributed by atoms with Gasteiger partial charge in [0.2, 0.25) is 0 Å². The number of aliphatic carboxylic acids is 1. The van der Waals surface area contributed by atoms with Gasteiger partial charge in [-0.1, -0.05) is 30.3 Å². The van der Waals surface area contributed by atoms with Crippen molar-refractivity contribution in [1.82, 2.24) is 0 Å². The number of carbonyl (C=O) groups is 1. The molecule has 0 amide bonds. The Hall–Kier alpha value is -2.01. The number of halogens is 1. The molecule has 1 unspecified atom stereocenters. The number of hydrogen-bond acceptors (Lipinski definition) is 3. The van der Waals surface area contributed by atoms with Crippen LogP contribution in [0.4, 0.5) is 10.1 Å². The van der Waals surface area contributed by atoms with Crippen molar-refractivity contribution < 1.29 is 14.3 Å². The van der Waals surface area contributed by atoms with Crippen LogP contribution in [0, 0.1) is 5.82 Å². The molecule has 0 aliphatic carbocycles. The van der Waals surface area contributed by atoms with Crippen molar-refractivity contribution in [2.45, 2.75) is 10.8 Å². The first-order valence-corrected chi connectivity index (χ1v) is 7.02. The van der Waals surface area contributed by atoms with Crippen molar-refractivity contribution in [2.24, 2.45) is 0 Å². The van der Waals surface area contributed by atoms with Crippen LogP contribution >= 0.6 is 11.8 Å². The summed E-state index contributed by atoms with van der Waals surface area (Å²) < 4.78 is 13.7. The highest BCUT2D eigenvalue weighted by Crippen LogP contribution is 2.29. The highest BCUT2D eigenvalue weighted by atomic mass is 32.2. The maximum atomic E-state index is 13.7. The Labute approximate surface area is 120 Å². The summed E-state index contributed by atoms with van der Waals surface area (Å²) in [4.78, 5) is 11.7. The minimum absolute atomic E-state index is 0.264. The lowest BCUT2D eigenvalue weighted by Crippen LogP contribution is -2.14. The van der Waals surface area contributed by atoms with E-state index in [-0.39, 0.29) is 5.75 Å². The monoisotopic (exact) mass is 291 g/mol. The maximum Gasteiger partial charge on any atom is 0.311 e. The van der Waals surface area contributed by atoms with Crippen LogP contribution in [0.15, 0.2) is 53.4 Å². The molecule has 3 nitrogen and oxygen atoms in total. The third kappa shape index (κ3) is 3.51. The van der Waals surface area contributed by atoms with Gasteiger partial charge in [0.1, 0.15) is 5.82 Å². The van der Waals surface area contributed by atoms with E-state index in [1.807, 2.05) is 6.07 Å². The Bertz CT molecular complexity index is 604. The topological polar surface area (TPSA) is 63.3 Å². The molecule has 0 spiro atoms. The standard InChI is InChI=1S/C15H14FNO2S/c16-13-8-11(17)6-7-14(13)20-9-12(15(18)19)10-4-2-1-3-5-10/h1-8,12H,9,17H2,(H,18,19). The molecular weight excluding hydrogens is 277 g/mol.